The van der Waals surface area contributed by atoms with Gasteiger partial charge in [0.2, 0.25) is 0 Å². The molecule has 0 spiro atoms. The van der Waals surface area contributed by atoms with Crippen molar-refractivity contribution in [1.29, 1.82) is 0 Å². The Bertz CT molecular complexity index is 475. The van der Waals surface area contributed by atoms with E-state index in [9.17, 15) is 5.11 Å². The molecule has 0 amide bonds. The van der Waals surface area contributed by atoms with E-state index >= 15 is 0 Å². The van der Waals surface area contributed by atoms with Crippen molar-refractivity contribution < 1.29 is 5.11 Å². The molecule has 1 heteroatoms. The molecule has 0 aromatic heterocycles. The lowest BCUT2D eigenvalue weighted by Crippen LogP contribution is -2.34. The summed E-state index contributed by atoms with van der Waals surface area (Å²) >= 11 is 0. The summed E-state index contributed by atoms with van der Waals surface area (Å²) in [6.45, 7) is 4.13. The van der Waals surface area contributed by atoms with Gasteiger partial charge >= 0.3 is 0 Å². The van der Waals surface area contributed by atoms with E-state index in [-0.39, 0.29) is 5.92 Å². The van der Waals surface area contributed by atoms with E-state index in [4.69, 9.17) is 0 Å². The van der Waals surface area contributed by atoms with Crippen molar-refractivity contribution in [1.82, 2.24) is 0 Å². The topological polar surface area (TPSA) is 20.2 Å². The Kier molecular flexibility index (Phi) is 3.83. The lowest BCUT2D eigenvalue weighted by atomic mass is 9.79. The van der Waals surface area contributed by atoms with Gasteiger partial charge in [0.15, 0.2) is 0 Å². The van der Waals surface area contributed by atoms with E-state index in [2.05, 4.69) is 26.0 Å². The maximum Gasteiger partial charge on any atom is 0.0959 e. The molecule has 0 saturated heterocycles. The Labute approximate surface area is 109 Å². The molecule has 0 aliphatic carbocycles. The molecule has 18 heavy (non-hydrogen) atoms. The molecular formula is C17H20O. The zero-order valence-corrected chi connectivity index (χ0v) is 11.0. The van der Waals surface area contributed by atoms with Gasteiger partial charge in [-0.15, -0.1) is 0 Å². The summed E-state index contributed by atoms with van der Waals surface area (Å²) in [5.74, 6) is 0.167. The summed E-state index contributed by atoms with van der Waals surface area (Å²) in [6, 6.07) is 20.1. The number of rotatable bonds is 4. The maximum absolute atomic E-state index is 11.0. The fourth-order valence-corrected chi connectivity index (χ4v) is 2.27. The second-order valence-electron chi connectivity index (χ2n) is 5.11. The van der Waals surface area contributed by atoms with Gasteiger partial charge in [-0.25, -0.2) is 0 Å². The van der Waals surface area contributed by atoms with Crippen LogP contribution in [0, 0.1) is 5.92 Å². The molecule has 1 nitrogen and oxygen atoms in total. The van der Waals surface area contributed by atoms with Gasteiger partial charge in [0.1, 0.15) is 0 Å². The van der Waals surface area contributed by atoms with Crippen LogP contribution in [0.2, 0.25) is 0 Å². The summed E-state index contributed by atoms with van der Waals surface area (Å²) in [5, 5.41) is 11.0. The van der Waals surface area contributed by atoms with E-state index < -0.39 is 5.60 Å². The zero-order valence-electron chi connectivity index (χ0n) is 11.0. The van der Waals surface area contributed by atoms with Crippen molar-refractivity contribution in [3.63, 3.8) is 0 Å². The van der Waals surface area contributed by atoms with Crippen molar-refractivity contribution in [3.05, 3.63) is 71.8 Å². The van der Waals surface area contributed by atoms with E-state index in [1.165, 1.54) is 0 Å². The first-order valence-electron chi connectivity index (χ1n) is 6.45. The molecule has 0 fully saturated rings. The fourth-order valence-electron chi connectivity index (χ4n) is 2.27. The van der Waals surface area contributed by atoms with Gasteiger partial charge in [0.05, 0.1) is 5.60 Å². The molecule has 0 saturated carbocycles. The predicted molar refractivity (Wildman–Crippen MR) is 75.3 cm³/mol. The van der Waals surface area contributed by atoms with Crippen molar-refractivity contribution >= 4 is 0 Å². The van der Waals surface area contributed by atoms with E-state index in [0.29, 0.717) is 6.42 Å². The molecule has 0 heterocycles. The lowest BCUT2D eigenvalue weighted by molar-refractivity contribution is -0.00999. The van der Waals surface area contributed by atoms with Crippen LogP contribution in [0.3, 0.4) is 0 Å². The molecule has 0 aliphatic heterocycles. The molecule has 1 N–H and O–H groups in total. The van der Waals surface area contributed by atoms with Crippen LogP contribution in [-0.4, -0.2) is 5.11 Å². The van der Waals surface area contributed by atoms with Crippen LogP contribution in [0.25, 0.3) is 0 Å². The van der Waals surface area contributed by atoms with Crippen LogP contribution in [0.5, 0.6) is 0 Å². The first kappa shape index (κ1) is 12.8. The summed E-state index contributed by atoms with van der Waals surface area (Å²) in [6.07, 6.45) is 0.648. The van der Waals surface area contributed by atoms with Crippen LogP contribution in [0.1, 0.15) is 25.0 Å². The highest BCUT2D eigenvalue weighted by Crippen LogP contribution is 2.33. The Morgan fingerprint density at radius 3 is 1.89 bits per heavy atom. The number of hydrogen-bond donors (Lipinski definition) is 1. The second kappa shape index (κ2) is 5.36. The van der Waals surface area contributed by atoms with E-state index in [0.717, 1.165) is 11.1 Å². The van der Waals surface area contributed by atoms with Gasteiger partial charge in [0.25, 0.3) is 0 Å². The Morgan fingerprint density at radius 2 is 1.39 bits per heavy atom. The summed E-state index contributed by atoms with van der Waals surface area (Å²) in [7, 11) is 0. The highest BCUT2D eigenvalue weighted by atomic mass is 16.3. The molecule has 0 aliphatic rings. The lowest BCUT2D eigenvalue weighted by Gasteiger charge is -2.33. The fraction of sp³-hybridized carbons (Fsp3) is 0.294. The Hall–Kier alpha value is -1.60. The predicted octanol–water partition coefficient (Wildman–Crippen LogP) is 3.77. The van der Waals surface area contributed by atoms with Gasteiger partial charge in [-0.3, -0.25) is 0 Å². The van der Waals surface area contributed by atoms with E-state index in [1.807, 2.05) is 48.5 Å². The molecule has 1 unspecified atom stereocenters. The Balaban J connectivity index is 2.34. The van der Waals surface area contributed by atoms with Crippen LogP contribution in [-0.2, 0) is 12.0 Å². The molecule has 2 rings (SSSR count). The van der Waals surface area contributed by atoms with Gasteiger partial charge < -0.3 is 5.11 Å². The van der Waals surface area contributed by atoms with Gasteiger partial charge in [0, 0.05) is 6.42 Å². The number of aliphatic hydroxyl groups is 1. The van der Waals surface area contributed by atoms with Crippen molar-refractivity contribution in [2.45, 2.75) is 25.9 Å². The standard InChI is InChI=1S/C17H20O/c1-14(2)17(18,16-11-7-4-8-12-16)13-15-9-5-3-6-10-15/h3-12,14,18H,13H2,1-2H3. The van der Waals surface area contributed by atoms with Crippen LogP contribution in [0.4, 0.5) is 0 Å². The minimum absolute atomic E-state index is 0.167. The van der Waals surface area contributed by atoms with Crippen molar-refractivity contribution in [2.24, 2.45) is 5.92 Å². The highest BCUT2D eigenvalue weighted by Gasteiger charge is 2.32. The quantitative estimate of drug-likeness (QED) is 0.862. The van der Waals surface area contributed by atoms with Crippen LogP contribution in [0.15, 0.2) is 60.7 Å². The minimum atomic E-state index is -0.803. The molecule has 0 radical (unpaired) electrons. The van der Waals surface area contributed by atoms with Gasteiger partial charge in [-0.05, 0) is 17.0 Å². The average molecular weight is 240 g/mol. The van der Waals surface area contributed by atoms with Gasteiger partial charge in [-0.2, -0.15) is 0 Å². The van der Waals surface area contributed by atoms with Crippen LogP contribution < -0.4 is 0 Å². The normalized spacial score (nSPS) is 14.4. The first-order valence-corrected chi connectivity index (χ1v) is 6.45. The average Bonchev–Trinajstić information content (AvgIpc) is 2.40. The molecular weight excluding hydrogens is 220 g/mol. The zero-order chi connectivity index (χ0) is 13.0. The third kappa shape index (κ3) is 2.62. The molecule has 2 aromatic rings. The molecule has 94 valence electrons. The third-order valence-corrected chi connectivity index (χ3v) is 3.55. The van der Waals surface area contributed by atoms with Crippen LogP contribution >= 0.6 is 0 Å². The van der Waals surface area contributed by atoms with Gasteiger partial charge in [-0.1, -0.05) is 74.5 Å². The highest BCUT2D eigenvalue weighted by molar-refractivity contribution is 5.27. The third-order valence-electron chi connectivity index (χ3n) is 3.55. The van der Waals surface area contributed by atoms with Crippen molar-refractivity contribution in [3.8, 4) is 0 Å². The van der Waals surface area contributed by atoms with Crippen molar-refractivity contribution in [2.75, 3.05) is 0 Å². The maximum atomic E-state index is 11.0. The Morgan fingerprint density at radius 1 is 0.889 bits per heavy atom. The summed E-state index contributed by atoms with van der Waals surface area (Å²) in [5.41, 5.74) is 1.35. The SMILES string of the molecule is CC(C)C(O)(Cc1ccccc1)c1ccccc1. The molecule has 1 atom stereocenters. The van der Waals surface area contributed by atoms with E-state index in [1.54, 1.807) is 0 Å². The second-order valence-corrected chi connectivity index (χ2v) is 5.11. The molecule has 0 bridgehead atoms. The number of hydrogen-bond acceptors (Lipinski definition) is 1. The number of benzene rings is 2. The monoisotopic (exact) mass is 240 g/mol. The summed E-state index contributed by atoms with van der Waals surface area (Å²) in [4.78, 5) is 0. The first-order chi connectivity index (χ1) is 8.63. The smallest absolute Gasteiger partial charge is 0.0959 e. The molecule has 2 aromatic carbocycles. The largest absolute Gasteiger partial charge is 0.385 e. The summed E-state index contributed by atoms with van der Waals surface area (Å²) < 4.78 is 0. The minimum Gasteiger partial charge on any atom is -0.385 e.